The van der Waals surface area contributed by atoms with Gasteiger partial charge in [0.05, 0.1) is 8.80 Å². The van der Waals surface area contributed by atoms with Crippen molar-refractivity contribution in [1.29, 1.82) is 0 Å². The normalized spacial score (nSPS) is 16.2. The molecule has 0 aliphatic heterocycles. The van der Waals surface area contributed by atoms with Gasteiger partial charge in [0, 0.05) is 25.8 Å². The molecule has 0 aromatic heterocycles. The number of benzene rings is 2. The van der Waals surface area contributed by atoms with Gasteiger partial charge in [-0.3, -0.25) is 0 Å². The molecule has 0 amide bonds. The molecule has 0 nitrogen and oxygen atoms in total. The summed E-state index contributed by atoms with van der Waals surface area (Å²) >= 11 is 0. The molecule has 1 radical (unpaired) electrons. The standard InChI is InChI=1S/C42H60Si.Hf/c1-14-15-16-19-22-43(26-36-30(6)28(4)29(5)31(36)7)37-25-35(34-23-32-20-17-18-21-33(32)24-34)39(41(8,9)10)38(27(2)3)40(37)42(11,12)13;/h17-18,20-21,23-25,27,30H,14-16,19,22,26H2,1-13H3;/q-1;. The van der Waals surface area contributed by atoms with Gasteiger partial charge in [0.2, 0.25) is 0 Å². The molecule has 2 heteroatoms. The van der Waals surface area contributed by atoms with E-state index in [4.69, 9.17) is 0 Å². The molecular weight excluding hydrogens is 711 g/mol. The molecule has 3 aromatic carbocycles. The molecular formula is C42H60HfSi-. The summed E-state index contributed by atoms with van der Waals surface area (Å²) in [5, 5.41) is 4.43. The van der Waals surface area contributed by atoms with Crippen molar-refractivity contribution in [2.45, 2.75) is 145 Å². The monoisotopic (exact) mass is 772 g/mol. The first-order valence-electron chi connectivity index (χ1n) is 17.2. The molecule has 1 atom stereocenters. The zero-order valence-electron chi connectivity index (χ0n) is 30.4. The Morgan fingerprint density at radius 1 is 0.841 bits per heavy atom. The van der Waals surface area contributed by atoms with Crippen molar-refractivity contribution < 1.29 is 25.8 Å². The van der Waals surface area contributed by atoms with Gasteiger partial charge in [-0.05, 0) is 71.8 Å². The van der Waals surface area contributed by atoms with E-state index in [0.29, 0.717) is 11.8 Å². The molecule has 0 bridgehead atoms. The smallest absolute Gasteiger partial charge is 0.0894 e. The van der Waals surface area contributed by atoms with E-state index in [1.165, 1.54) is 59.7 Å². The van der Waals surface area contributed by atoms with Crippen LogP contribution in [0.4, 0.5) is 0 Å². The molecule has 0 saturated carbocycles. The predicted molar refractivity (Wildman–Crippen MR) is 196 cm³/mol. The molecule has 0 spiro atoms. The molecule has 1 aliphatic rings. The first kappa shape index (κ1) is 37.1. The summed E-state index contributed by atoms with van der Waals surface area (Å²) in [6, 6.07) is 19.2. The van der Waals surface area contributed by atoms with E-state index in [0.717, 1.165) is 0 Å². The van der Waals surface area contributed by atoms with E-state index < -0.39 is 8.80 Å². The molecule has 0 heterocycles. The molecule has 0 fully saturated rings. The van der Waals surface area contributed by atoms with Gasteiger partial charge in [-0.1, -0.05) is 153 Å². The third kappa shape index (κ3) is 7.59. The molecule has 44 heavy (non-hydrogen) atoms. The topological polar surface area (TPSA) is 0 Å². The largest absolute Gasteiger partial charge is 0.145 e. The molecule has 3 aromatic rings. The Bertz CT molecular complexity index is 1480. The van der Waals surface area contributed by atoms with Crippen molar-refractivity contribution in [1.82, 2.24) is 0 Å². The van der Waals surface area contributed by atoms with Gasteiger partial charge >= 0.3 is 0 Å². The fraction of sp³-hybridized carbons (Fsp3) is 0.548. The van der Waals surface area contributed by atoms with E-state index in [1.54, 1.807) is 44.2 Å². The minimum absolute atomic E-state index is 0. The number of hydrogen-bond donors (Lipinski definition) is 0. The second kappa shape index (κ2) is 14.6. The van der Waals surface area contributed by atoms with E-state index in [1.807, 2.05) is 0 Å². The van der Waals surface area contributed by atoms with Gasteiger partial charge < -0.3 is 0 Å². The maximum atomic E-state index is 2.73. The van der Waals surface area contributed by atoms with Crippen LogP contribution in [-0.4, -0.2) is 8.80 Å². The van der Waals surface area contributed by atoms with Crippen molar-refractivity contribution in [3.8, 4) is 11.1 Å². The number of allylic oxidation sites excluding steroid dienone is 4. The summed E-state index contributed by atoms with van der Waals surface area (Å²) in [7, 11) is -0.869. The Labute approximate surface area is 292 Å². The van der Waals surface area contributed by atoms with Crippen LogP contribution in [0.1, 0.15) is 138 Å². The average Bonchev–Trinajstić information content (AvgIpc) is 3.44. The Morgan fingerprint density at radius 2 is 1.48 bits per heavy atom. The van der Waals surface area contributed by atoms with Crippen LogP contribution in [0.25, 0.3) is 21.9 Å². The van der Waals surface area contributed by atoms with Crippen LogP contribution < -0.4 is 5.19 Å². The molecule has 237 valence electrons. The minimum Gasteiger partial charge on any atom is -0.145 e. The number of fused-ring (bicyclic) bond motifs is 1. The van der Waals surface area contributed by atoms with Crippen molar-refractivity contribution in [3.63, 3.8) is 0 Å². The zero-order chi connectivity index (χ0) is 31.9. The Kier molecular flexibility index (Phi) is 12.3. The van der Waals surface area contributed by atoms with E-state index in [2.05, 4.69) is 132 Å². The number of unbranched alkanes of at least 4 members (excludes halogenated alkanes) is 3. The third-order valence-corrected chi connectivity index (χ3v) is 13.2. The van der Waals surface area contributed by atoms with Gasteiger partial charge in [0.1, 0.15) is 0 Å². The van der Waals surface area contributed by atoms with Crippen LogP contribution in [0, 0.1) is 5.92 Å². The molecule has 0 N–H and O–H groups in total. The van der Waals surface area contributed by atoms with Crippen LogP contribution in [-0.2, 0) is 36.7 Å². The fourth-order valence-electron chi connectivity index (χ4n) is 7.76. The summed E-state index contributed by atoms with van der Waals surface area (Å²) in [4.78, 5) is 0. The Morgan fingerprint density at radius 3 is 2.00 bits per heavy atom. The average molecular weight is 772 g/mol. The van der Waals surface area contributed by atoms with Gasteiger partial charge in [0.25, 0.3) is 0 Å². The van der Waals surface area contributed by atoms with E-state index in [-0.39, 0.29) is 36.7 Å². The maximum Gasteiger partial charge on any atom is 0.0894 e. The van der Waals surface area contributed by atoms with Gasteiger partial charge in [0.15, 0.2) is 0 Å². The van der Waals surface area contributed by atoms with Crippen LogP contribution in [0.2, 0.25) is 12.1 Å². The summed E-state index contributed by atoms with van der Waals surface area (Å²) in [5.41, 5.74) is 14.3. The predicted octanol–water partition coefficient (Wildman–Crippen LogP) is 12.5. The second-order valence-corrected chi connectivity index (χ2v) is 18.5. The minimum atomic E-state index is -0.869. The molecule has 1 unspecified atom stereocenters. The third-order valence-electron chi connectivity index (χ3n) is 10.3. The zero-order valence-corrected chi connectivity index (χ0v) is 35.0. The Balaban J connectivity index is 0.00000529. The van der Waals surface area contributed by atoms with E-state index in [9.17, 15) is 0 Å². The molecule has 4 rings (SSSR count). The SMILES string of the molecule is CCCCCC[Si](CC1=C(C)C(C)=C(C)C1C)c1cc(-c2cc3ccccc3[cH-]2)c(C(C)(C)C)c(C(C)C)c1C(C)(C)C.[Hf]. The van der Waals surface area contributed by atoms with Crippen LogP contribution in [0.5, 0.6) is 0 Å². The van der Waals surface area contributed by atoms with Gasteiger partial charge in [-0.2, -0.15) is 0 Å². The first-order chi connectivity index (χ1) is 20.1. The number of hydrogen-bond acceptors (Lipinski definition) is 0. The second-order valence-electron chi connectivity index (χ2n) is 15.9. The molecule has 1 aliphatic carbocycles. The first-order valence-corrected chi connectivity index (χ1v) is 19.1. The van der Waals surface area contributed by atoms with Crippen LogP contribution in [0.3, 0.4) is 0 Å². The van der Waals surface area contributed by atoms with Crippen molar-refractivity contribution >= 4 is 24.8 Å². The quantitative estimate of drug-likeness (QED) is 0.109. The summed E-state index contributed by atoms with van der Waals surface area (Å²) in [6.07, 6.45) is 5.36. The fourth-order valence-corrected chi connectivity index (χ4v) is 11.3. The van der Waals surface area contributed by atoms with Crippen molar-refractivity contribution in [2.75, 3.05) is 0 Å². The van der Waals surface area contributed by atoms with Crippen LogP contribution in [0.15, 0.2) is 64.8 Å². The van der Waals surface area contributed by atoms with Crippen LogP contribution >= 0.6 is 0 Å². The number of rotatable bonds is 10. The van der Waals surface area contributed by atoms with Crippen molar-refractivity contribution in [3.05, 3.63) is 81.4 Å². The summed E-state index contributed by atoms with van der Waals surface area (Å²) in [5.74, 6) is 1.04. The maximum absolute atomic E-state index is 2.73. The van der Waals surface area contributed by atoms with E-state index >= 15 is 0 Å². The van der Waals surface area contributed by atoms with Gasteiger partial charge in [-0.15, -0.1) is 34.5 Å². The van der Waals surface area contributed by atoms with Crippen molar-refractivity contribution in [2.24, 2.45) is 5.92 Å². The summed E-state index contributed by atoms with van der Waals surface area (Å²) < 4.78 is 0. The molecule has 0 saturated heterocycles. The summed E-state index contributed by atoms with van der Waals surface area (Å²) in [6.45, 7) is 31.6. The van der Waals surface area contributed by atoms with Gasteiger partial charge in [-0.25, -0.2) is 0 Å². The Hall–Kier alpha value is -1.38.